The monoisotopic (exact) mass is 573 g/mol. The van der Waals surface area contributed by atoms with Crippen LogP contribution in [0, 0.1) is 0 Å². The zero-order valence-electron chi connectivity index (χ0n) is 20.9. The molecule has 2 aromatic heterocycles. The normalized spacial score (nSPS) is 12.1. The van der Waals surface area contributed by atoms with Gasteiger partial charge in [0.1, 0.15) is 5.57 Å². The summed E-state index contributed by atoms with van der Waals surface area (Å²) in [6, 6.07) is 35.7. The van der Waals surface area contributed by atoms with Gasteiger partial charge in [0, 0.05) is 36.6 Å². The molecule has 200 valence electrons. The molecule has 40 heavy (non-hydrogen) atoms. The van der Waals surface area contributed by atoms with E-state index < -0.39 is 17.7 Å². The molecule has 5 aromatic rings. The highest BCUT2D eigenvalue weighted by Crippen LogP contribution is 2.37. The first kappa shape index (κ1) is 27.2. The van der Waals surface area contributed by atoms with E-state index >= 15 is 0 Å². The number of carboxylic acid groups (broad SMARTS) is 1. The smallest absolute Gasteiger partial charge is 0.423 e. The Kier molecular flexibility index (Phi) is 8.00. The highest BCUT2D eigenvalue weighted by atomic mass is 32.1. The lowest BCUT2D eigenvalue weighted by molar-refractivity contribution is -0.144. The number of halogens is 3. The Bertz CT molecular complexity index is 1610. The number of alkyl halides is 3. The lowest BCUT2D eigenvalue weighted by Gasteiger charge is -2.25. The van der Waals surface area contributed by atoms with Crippen molar-refractivity contribution < 1.29 is 23.1 Å². The van der Waals surface area contributed by atoms with Crippen molar-refractivity contribution >= 4 is 63.9 Å². The Morgan fingerprint density at radius 1 is 0.650 bits per heavy atom. The van der Waals surface area contributed by atoms with Gasteiger partial charge in [-0.1, -0.05) is 54.6 Å². The fourth-order valence-electron chi connectivity index (χ4n) is 4.06. The van der Waals surface area contributed by atoms with E-state index in [1.165, 1.54) is 17.4 Å². The number of hydrogen-bond acceptors (Lipinski definition) is 4. The number of carbonyl (C=O) groups is 1. The molecule has 3 nitrogen and oxygen atoms in total. The van der Waals surface area contributed by atoms with Crippen LogP contribution in [0.25, 0.3) is 28.0 Å². The molecule has 5 rings (SSSR count). The first-order valence-corrected chi connectivity index (χ1v) is 13.8. The number of thiophene rings is 2. The van der Waals surface area contributed by atoms with Crippen molar-refractivity contribution in [2.24, 2.45) is 0 Å². The molecular formula is C32H22F3NO2S2. The van der Waals surface area contributed by atoms with E-state index in [1.54, 1.807) is 6.07 Å². The molecule has 0 bridgehead atoms. The largest absolute Gasteiger partial charge is 0.478 e. The zero-order valence-corrected chi connectivity index (χ0v) is 22.5. The van der Waals surface area contributed by atoms with E-state index in [4.69, 9.17) is 5.11 Å². The number of aliphatic carboxylic acids is 1. The second-order valence-corrected chi connectivity index (χ2v) is 10.9. The molecule has 3 aromatic carbocycles. The molecule has 2 heterocycles. The minimum atomic E-state index is -4.92. The number of rotatable bonds is 8. The minimum Gasteiger partial charge on any atom is -0.478 e. The average Bonchev–Trinajstić information content (AvgIpc) is 3.62. The van der Waals surface area contributed by atoms with Gasteiger partial charge in [0.05, 0.1) is 0 Å². The summed E-state index contributed by atoms with van der Waals surface area (Å²) in [5.74, 6) is -1.99. The average molecular weight is 574 g/mol. The van der Waals surface area contributed by atoms with Crippen LogP contribution < -0.4 is 4.90 Å². The molecule has 0 fully saturated rings. The number of benzene rings is 3. The summed E-state index contributed by atoms with van der Waals surface area (Å²) in [5.41, 5.74) is 2.60. The maximum Gasteiger partial charge on any atom is 0.423 e. The fraction of sp³-hybridized carbons (Fsp3) is 0.0312. The van der Waals surface area contributed by atoms with Crippen LogP contribution in [0.3, 0.4) is 0 Å². The molecule has 0 aliphatic rings. The van der Waals surface area contributed by atoms with Crippen LogP contribution in [0.4, 0.5) is 30.2 Å². The maximum absolute atomic E-state index is 13.0. The van der Waals surface area contributed by atoms with Crippen molar-refractivity contribution in [1.82, 2.24) is 0 Å². The molecule has 0 spiro atoms. The standard InChI is InChI=1S/C32H22F3NO2S2/c33-32(34,35)28(31(37)38)21-27-18-20-30(40-27)29-19-17-26(39-29)16-13-22-11-14-25(15-12-22)36(23-7-3-1-4-8-23)24-9-5-2-6-10-24/h1-21H,(H,37,38)/b16-13+,28-21-. The van der Waals surface area contributed by atoms with Gasteiger partial charge in [-0.2, -0.15) is 13.2 Å². The number of para-hydroxylation sites is 2. The summed E-state index contributed by atoms with van der Waals surface area (Å²) in [6.07, 6.45) is -0.239. The van der Waals surface area contributed by atoms with Crippen molar-refractivity contribution in [3.8, 4) is 9.75 Å². The summed E-state index contributed by atoms with van der Waals surface area (Å²) in [4.78, 5) is 16.1. The number of anilines is 3. The third-order valence-electron chi connectivity index (χ3n) is 5.94. The molecule has 0 aliphatic heterocycles. The number of hydrogen-bond donors (Lipinski definition) is 1. The van der Waals surface area contributed by atoms with Crippen molar-refractivity contribution in [3.63, 3.8) is 0 Å². The van der Waals surface area contributed by atoms with Crippen LogP contribution in [0.2, 0.25) is 0 Å². The van der Waals surface area contributed by atoms with Crippen LogP contribution in [0.1, 0.15) is 15.3 Å². The van der Waals surface area contributed by atoms with Crippen LogP contribution >= 0.6 is 22.7 Å². The van der Waals surface area contributed by atoms with E-state index in [9.17, 15) is 18.0 Å². The molecule has 1 N–H and O–H groups in total. The SMILES string of the molecule is O=C(O)/C(=C/c1ccc(-c2ccc(/C=C/c3ccc(N(c4ccccc4)c4ccccc4)cc3)s2)s1)C(F)(F)F. The van der Waals surface area contributed by atoms with Gasteiger partial charge in [-0.05, 0) is 78.4 Å². The molecule has 0 amide bonds. The second kappa shape index (κ2) is 11.8. The molecular weight excluding hydrogens is 551 g/mol. The second-order valence-electron chi connectivity index (χ2n) is 8.70. The molecule has 0 atom stereocenters. The topological polar surface area (TPSA) is 40.5 Å². The predicted octanol–water partition coefficient (Wildman–Crippen LogP) is 10.1. The summed E-state index contributed by atoms with van der Waals surface area (Å²) in [7, 11) is 0. The van der Waals surface area contributed by atoms with Crippen molar-refractivity contribution in [2.45, 2.75) is 6.18 Å². The Hall–Kier alpha value is -4.40. The Morgan fingerprint density at radius 2 is 1.15 bits per heavy atom. The minimum absolute atomic E-state index is 0.232. The lowest BCUT2D eigenvalue weighted by atomic mass is 10.1. The Balaban J connectivity index is 1.32. The molecule has 8 heteroatoms. The molecule has 0 aliphatic carbocycles. The first-order chi connectivity index (χ1) is 19.3. The third kappa shape index (κ3) is 6.42. The highest BCUT2D eigenvalue weighted by molar-refractivity contribution is 7.23. The quantitative estimate of drug-likeness (QED) is 0.188. The lowest BCUT2D eigenvalue weighted by Crippen LogP contribution is -2.19. The van der Waals surface area contributed by atoms with Gasteiger partial charge in [0.25, 0.3) is 0 Å². The number of nitrogens with zero attached hydrogens (tertiary/aromatic N) is 1. The van der Waals surface area contributed by atoms with Gasteiger partial charge in [0.2, 0.25) is 0 Å². The fourth-order valence-corrected chi connectivity index (χ4v) is 6.01. The van der Waals surface area contributed by atoms with Gasteiger partial charge >= 0.3 is 12.1 Å². The van der Waals surface area contributed by atoms with Gasteiger partial charge < -0.3 is 10.0 Å². The summed E-state index contributed by atoms with van der Waals surface area (Å²) < 4.78 is 38.9. The number of carboxylic acids is 1. The van der Waals surface area contributed by atoms with Crippen LogP contribution in [-0.4, -0.2) is 17.3 Å². The molecule has 0 saturated heterocycles. The van der Waals surface area contributed by atoms with Gasteiger partial charge in [-0.25, -0.2) is 4.79 Å². The third-order valence-corrected chi connectivity index (χ3v) is 8.22. The van der Waals surface area contributed by atoms with Crippen molar-refractivity contribution in [3.05, 3.63) is 130 Å². The zero-order chi connectivity index (χ0) is 28.1. The van der Waals surface area contributed by atoms with Crippen LogP contribution in [0.5, 0.6) is 0 Å². The van der Waals surface area contributed by atoms with Crippen LogP contribution in [0.15, 0.2) is 115 Å². The van der Waals surface area contributed by atoms with E-state index in [2.05, 4.69) is 53.4 Å². The highest BCUT2D eigenvalue weighted by Gasteiger charge is 2.38. The van der Waals surface area contributed by atoms with Gasteiger partial charge in [-0.15, -0.1) is 22.7 Å². The van der Waals surface area contributed by atoms with Gasteiger partial charge in [0.15, 0.2) is 0 Å². The van der Waals surface area contributed by atoms with E-state index in [1.807, 2.05) is 60.7 Å². The van der Waals surface area contributed by atoms with Crippen molar-refractivity contribution in [1.29, 1.82) is 0 Å². The van der Waals surface area contributed by atoms with E-state index in [0.717, 1.165) is 48.6 Å². The van der Waals surface area contributed by atoms with E-state index in [0.29, 0.717) is 6.08 Å². The molecule has 0 unspecified atom stereocenters. The Morgan fingerprint density at radius 3 is 1.68 bits per heavy atom. The predicted molar refractivity (Wildman–Crippen MR) is 159 cm³/mol. The summed E-state index contributed by atoms with van der Waals surface area (Å²) in [5, 5.41) is 8.91. The van der Waals surface area contributed by atoms with Crippen molar-refractivity contribution in [2.75, 3.05) is 4.90 Å². The Labute approximate surface area is 237 Å². The first-order valence-electron chi connectivity index (χ1n) is 12.2. The maximum atomic E-state index is 13.0. The van der Waals surface area contributed by atoms with Gasteiger partial charge in [-0.3, -0.25) is 0 Å². The molecule has 0 saturated carbocycles. The molecule has 0 radical (unpaired) electrons. The van der Waals surface area contributed by atoms with E-state index in [-0.39, 0.29) is 4.88 Å². The summed E-state index contributed by atoms with van der Waals surface area (Å²) in [6.45, 7) is 0. The van der Waals surface area contributed by atoms with Crippen LogP contribution in [-0.2, 0) is 4.79 Å². The summed E-state index contributed by atoms with van der Waals surface area (Å²) >= 11 is 2.63.